The molecule has 0 aromatic carbocycles. The molecule has 0 fully saturated rings. The number of carbonyl (C=O) groups is 1. The number of esters is 1. The number of carbonyl (C=O) groups excluding carboxylic acids is 1. The molecule has 0 unspecified atom stereocenters. The second-order valence-corrected chi connectivity index (χ2v) is 3.91. The van der Waals surface area contributed by atoms with Crippen LogP contribution in [0.25, 0.3) is 0 Å². The zero-order valence-electron chi connectivity index (χ0n) is 8.58. The topological polar surface area (TPSA) is 46.5 Å². The van der Waals surface area contributed by atoms with E-state index in [9.17, 15) is 9.90 Å². The van der Waals surface area contributed by atoms with E-state index in [1.807, 2.05) is 21.1 Å². The summed E-state index contributed by atoms with van der Waals surface area (Å²) >= 11 is 0. The number of quaternary nitrogens is 1. The molecule has 0 aromatic rings. The quantitative estimate of drug-likeness (QED) is 0.422. The van der Waals surface area contributed by atoms with Crippen LogP contribution in [0.15, 0.2) is 0 Å². The number of hydrogen-bond acceptors (Lipinski definition) is 3. The van der Waals surface area contributed by atoms with Gasteiger partial charge in [0.1, 0.15) is 12.6 Å². The van der Waals surface area contributed by atoms with Crippen molar-refractivity contribution in [3.8, 4) is 0 Å². The Kier molecular flexibility index (Phi) is 7.49. The molecule has 1 N–H and O–H groups in total. The molecule has 0 aliphatic heterocycles. The molecule has 0 bridgehead atoms. The average Bonchev–Trinajstić information content (AvgIpc) is 1.82. The summed E-state index contributed by atoms with van der Waals surface area (Å²) in [5, 5.41) is 9.37. The predicted molar refractivity (Wildman–Crippen MR) is 45.5 cm³/mol. The first-order valence-corrected chi connectivity index (χ1v) is 3.90. The van der Waals surface area contributed by atoms with E-state index in [2.05, 4.69) is 4.74 Å². The minimum absolute atomic E-state index is 0. The van der Waals surface area contributed by atoms with E-state index in [-0.39, 0.29) is 29.4 Å². The molecule has 0 spiro atoms. The van der Waals surface area contributed by atoms with Crippen LogP contribution in [0.2, 0.25) is 0 Å². The molecule has 13 heavy (non-hydrogen) atoms. The Hall–Kier alpha value is -0.130. The van der Waals surface area contributed by atoms with Crippen LogP contribution in [0.1, 0.15) is 6.42 Å². The van der Waals surface area contributed by atoms with Crippen molar-refractivity contribution in [2.45, 2.75) is 12.5 Å². The number of aliphatic hydroxyl groups is 1. The van der Waals surface area contributed by atoms with Crippen molar-refractivity contribution in [1.82, 2.24) is 0 Å². The minimum Gasteiger partial charge on any atom is -1.00 e. The second kappa shape index (κ2) is 6.34. The third-order valence-corrected chi connectivity index (χ3v) is 1.39. The molecule has 0 aromatic heterocycles. The van der Waals surface area contributed by atoms with E-state index in [4.69, 9.17) is 0 Å². The van der Waals surface area contributed by atoms with Gasteiger partial charge in [0.15, 0.2) is 0 Å². The van der Waals surface area contributed by atoms with Crippen LogP contribution in [0, 0.1) is 0 Å². The van der Waals surface area contributed by atoms with Crippen LogP contribution in [0.3, 0.4) is 0 Å². The molecule has 5 heteroatoms. The first-order chi connectivity index (χ1) is 5.35. The standard InChI is InChI=1S/C8H18NO3.BrH/c1-9(2,3)6-7(10)5-8(11)12-4;/h7,10H,5-6H2,1-4H3;1H/q+1;/p-1/t7-;/m0./s1. The van der Waals surface area contributed by atoms with Crippen LogP contribution in [-0.2, 0) is 9.53 Å². The van der Waals surface area contributed by atoms with Crippen LogP contribution in [-0.4, -0.2) is 56.5 Å². The molecular weight excluding hydrogens is 238 g/mol. The van der Waals surface area contributed by atoms with Gasteiger partial charge < -0.3 is 31.3 Å². The summed E-state index contributed by atoms with van der Waals surface area (Å²) in [6.45, 7) is 0.551. The van der Waals surface area contributed by atoms with Gasteiger partial charge in [-0.1, -0.05) is 0 Å². The number of nitrogens with zero attached hydrogens (tertiary/aromatic N) is 1. The lowest BCUT2D eigenvalue weighted by atomic mass is 10.2. The maximum Gasteiger partial charge on any atom is 0.308 e. The van der Waals surface area contributed by atoms with E-state index in [0.29, 0.717) is 11.0 Å². The SMILES string of the molecule is COC(=O)C[C@H](O)C[N+](C)(C)C.[Br-]. The Morgan fingerprint density at radius 2 is 1.92 bits per heavy atom. The van der Waals surface area contributed by atoms with E-state index in [1.54, 1.807) is 0 Å². The lowest BCUT2D eigenvalue weighted by Crippen LogP contribution is -3.00. The first kappa shape index (κ1) is 15.3. The fourth-order valence-corrected chi connectivity index (χ4v) is 0.973. The van der Waals surface area contributed by atoms with Crippen LogP contribution < -0.4 is 17.0 Å². The number of rotatable bonds is 4. The normalized spacial score (nSPS) is 13.0. The summed E-state index contributed by atoms with van der Waals surface area (Å²) in [7, 11) is 7.20. The maximum atomic E-state index is 10.7. The molecule has 80 valence electrons. The Labute approximate surface area is 89.8 Å². The van der Waals surface area contributed by atoms with Crippen molar-refractivity contribution in [3.63, 3.8) is 0 Å². The van der Waals surface area contributed by atoms with Gasteiger partial charge in [-0.05, 0) is 0 Å². The van der Waals surface area contributed by atoms with Gasteiger partial charge in [0.2, 0.25) is 0 Å². The van der Waals surface area contributed by atoms with Crippen molar-refractivity contribution in [1.29, 1.82) is 0 Å². The van der Waals surface area contributed by atoms with Crippen LogP contribution in [0.4, 0.5) is 0 Å². The third kappa shape index (κ3) is 9.79. The summed E-state index contributed by atoms with van der Waals surface area (Å²) in [4.78, 5) is 10.7. The van der Waals surface area contributed by atoms with Gasteiger partial charge in [-0.15, -0.1) is 0 Å². The molecule has 0 saturated carbocycles. The Balaban J connectivity index is 0. The molecular formula is C8H18BrNO3. The van der Waals surface area contributed by atoms with Crippen molar-refractivity contribution in [2.24, 2.45) is 0 Å². The highest BCUT2D eigenvalue weighted by Crippen LogP contribution is 1.99. The lowest BCUT2D eigenvalue weighted by molar-refractivity contribution is -0.873. The molecule has 0 heterocycles. The Morgan fingerprint density at radius 3 is 2.23 bits per heavy atom. The van der Waals surface area contributed by atoms with Crippen LogP contribution >= 0.6 is 0 Å². The molecule has 0 radical (unpaired) electrons. The number of aliphatic hydroxyl groups excluding tert-OH is 1. The molecule has 0 aliphatic rings. The summed E-state index contributed by atoms with van der Waals surface area (Å²) in [5.41, 5.74) is 0. The molecule has 0 amide bonds. The zero-order chi connectivity index (χ0) is 9.78. The van der Waals surface area contributed by atoms with Gasteiger partial charge >= 0.3 is 5.97 Å². The number of likely N-dealkylation sites (N-methyl/N-ethyl adjacent to an activating group) is 1. The predicted octanol–water partition coefficient (Wildman–Crippen LogP) is -3.38. The van der Waals surface area contributed by atoms with E-state index < -0.39 is 6.10 Å². The number of methoxy groups -OCH3 is 1. The summed E-state index contributed by atoms with van der Waals surface area (Å²) in [6.07, 6.45) is -0.538. The highest BCUT2D eigenvalue weighted by molar-refractivity contribution is 5.69. The van der Waals surface area contributed by atoms with Gasteiger partial charge in [-0.25, -0.2) is 0 Å². The van der Waals surface area contributed by atoms with Crippen molar-refractivity contribution in [2.75, 3.05) is 34.8 Å². The highest BCUT2D eigenvalue weighted by atomic mass is 79.9. The first-order valence-electron chi connectivity index (χ1n) is 3.90. The molecule has 0 saturated heterocycles. The second-order valence-electron chi connectivity index (χ2n) is 3.91. The molecule has 1 atom stereocenters. The zero-order valence-corrected chi connectivity index (χ0v) is 10.2. The fraction of sp³-hybridized carbons (Fsp3) is 0.875. The molecule has 4 nitrogen and oxygen atoms in total. The van der Waals surface area contributed by atoms with Crippen molar-refractivity contribution < 1.29 is 36.1 Å². The average molecular weight is 256 g/mol. The monoisotopic (exact) mass is 255 g/mol. The summed E-state index contributed by atoms with van der Waals surface area (Å²) in [6, 6.07) is 0. The van der Waals surface area contributed by atoms with Crippen molar-refractivity contribution >= 4 is 5.97 Å². The minimum atomic E-state index is -0.613. The highest BCUT2D eigenvalue weighted by Gasteiger charge is 2.18. The van der Waals surface area contributed by atoms with Crippen LogP contribution in [0.5, 0.6) is 0 Å². The summed E-state index contributed by atoms with van der Waals surface area (Å²) in [5.74, 6) is -0.365. The van der Waals surface area contributed by atoms with Gasteiger partial charge in [0.05, 0.1) is 34.7 Å². The van der Waals surface area contributed by atoms with Gasteiger partial charge in [0.25, 0.3) is 0 Å². The molecule has 0 rings (SSSR count). The largest absolute Gasteiger partial charge is 1.00 e. The van der Waals surface area contributed by atoms with Gasteiger partial charge in [0, 0.05) is 0 Å². The summed E-state index contributed by atoms with van der Waals surface area (Å²) < 4.78 is 5.07. The maximum absolute atomic E-state index is 10.7. The number of halogens is 1. The Bertz CT molecular complexity index is 156. The fourth-order valence-electron chi connectivity index (χ4n) is 0.973. The Morgan fingerprint density at radius 1 is 1.46 bits per heavy atom. The van der Waals surface area contributed by atoms with E-state index in [0.717, 1.165) is 0 Å². The van der Waals surface area contributed by atoms with Crippen molar-refractivity contribution in [3.05, 3.63) is 0 Å². The van der Waals surface area contributed by atoms with Gasteiger partial charge in [-0.2, -0.15) is 0 Å². The smallest absolute Gasteiger partial charge is 0.308 e. The van der Waals surface area contributed by atoms with E-state index in [1.165, 1.54) is 7.11 Å². The number of hydrogen-bond donors (Lipinski definition) is 1. The van der Waals surface area contributed by atoms with E-state index >= 15 is 0 Å². The van der Waals surface area contributed by atoms with Gasteiger partial charge in [-0.3, -0.25) is 4.79 Å². The molecule has 0 aliphatic carbocycles. The third-order valence-electron chi connectivity index (χ3n) is 1.39. The number of ether oxygens (including phenoxy) is 1. The lowest BCUT2D eigenvalue weighted by Gasteiger charge is -2.26.